The Balaban J connectivity index is 1.27. The fourth-order valence-corrected chi connectivity index (χ4v) is 9.51. The Morgan fingerprint density at radius 2 is 0.978 bits per heavy atom. The van der Waals surface area contributed by atoms with E-state index in [0.29, 0.717) is 0 Å². The molecule has 2 nitrogen and oxygen atoms in total. The van der Waals surface area contributed by atoms with Crippen LogP contribution in [0.3, 0.4) is 0 Å². The van der Waals surface area contributed by atoms with Gasteiger partial charge in [-0.15, -0.1) is 0 Å². The molecule has 0 N–H and O–H groups in total. The van der Waals surface area contributed by atoms with E-state index in [0.717, 1.165) is 22.6 Å². The Bertz CT molecular complexity index is 2430. The van der Waals surface area contributed by atoms with Crippen LogP contribution in [0, 0.1) is 0 Å². The average molecular weight is 595 g/mol. The summed E-state index contributed by atoms with van der Waals surface area (Å²) in [6.45, 7) is 0. The van der Waals surface area contributed by atoms with Gasteiger partial charge < -0.3 is 0 Å². The van der Waals surface area contributed by atoms with Gasteiger partial charge in [-0.2, -0.15) is 10.0 Å². The summed E-state index contributed by atoms with van der Waals surface area (Å²) in [6.07, 6.45) is 4.73. The Kier molecular flexibility index (Phi) is 5.75. The van der Waals surface area contributed by atoms with E-state index in [2.05, 4.69) is 152 Å². The van der Waals surface area contributed by atoms with Gasteiger partial charge in [-0.25, -0.2) is 9.97 Å². The number of aromatic nitrogens is 2. The zero-order chi connectivity index (χ0) is 30.1. The van der Waals surface area contributed by atoms with Gasteiger partial charge in [0.2, 0.25) is 0 Å². The van der Waals surface area contributed by atoms with Crippen molar-refractivity contribution in [3.8, 4) is 44.9 Å². The molecule has 0 saturated heterocycles. The molecule has 0 unspecified atom stereocenters. The summed E-state index contributed by atoms with van der Waals surface area (Å²) in [5.41, 5.74) is 7.97. The number of hydrogen-bond acceptors (Lipinski definition) is 2. The molecule has 0 spiro atoms. The molecular weight excluding hydrogens is 565 g/mol. The zero-order valence-electron chi connectivity index (χ0n) is 25.2. The van der Waals surface area contributed by atoms with Gasteiger partial charge in [-0.3, -0.25) is 0 Å². The number of fused-ring (bicyclic) bond motifs is 9. The van der Waals surface area contributed by atoms with Gasteiger partial charge in [0, 0.05) is 21.6 Å². The zero-order valence-corrected chi connectivity index (χ0v) is 26.0. The molecule has 0 aliphatic carbocycles. The lowest BCUT2D eigenvalue weighted by Crippen LogP contribution is -2.01. The van der Waals surface area contributed by atoms with Crippen LogP contribution in [0.4, 0.5) is 0 Å². The van der Waals surface area contributed by atoms with Gasteiger partial charge >= 0.3 is 0 Å². The fourth-order valence-electron chi connectivity index (χ4n) is 7.13. The van der Waals surface area contributed by atoms with Gasteiger partial charge in [0.15, 0.2) is 5.82 Å². The first-order valence-electron chi connectivity index (χ1n) is 15.3. The van der Waals surface area contributed by atoms with Crippen LogP contribution in [-0.2, 0) is 0 Å². The molecule has 1 aliphatic heterocycles. The molecule has 2 heterocycles. The van der Waals surface area contributed by atoms with Crippen molar-refractivity contribution < 1.29 is 0 Å². The Morgan fingerprint density at radius 3 is 1.71 bits per heavy atom. The molecule has 0 atom stereocenters. The van der Waals surface area contributed by atoms with Gasteiger partial charge in [0.25, 0.3) is 0 Å². The molecule has 45 heavy (non-hydrogen) atoms. The van der Waals surface area contributed by atoms with Gasteiger partial charge in [-0.1, -0.05) is 127 Å². The van der Waals surface area contributed by atoms with Crippen molar-refractivity contribution in [2.24, 2.45) is 0 Å². The van der Waals surface area contributed by atoms with Crippen molar-refractivity contribution >= 4 is 42.3 Å². The van der Waals surface area contributed by atoms with Crippen LogP contribution in [0.5, 0.6) is 0 Å². The fraction of sp³-hybridized carbons (Fsp3) is 0.0476. The maximum atomic E-state index is 5.31. The van der Waals surface area contributed by atoms with E-state index in [-0.39, 0.29) is 0 Å². The summed E-state index contributed by atoms with van der Waals surface area (Å²) in [6, 6.07) is 52.5. The SMILES string of the molecule is CS1(C)c2ccccc2-c2c(-c3cccc(-c4ccc5c6ccccc6c6ccccc6c5c4)c3)nc(-c3ccccc3)nc21. The molecule has 9 rings (SSSR count). The van der Waals surface area contributed by atoms with Crippen LogP contribution < -0.4 is 0 Å². The highest BCUT2D eigenvalue weighted by atomic mass is 32.3. The van der Waals surface area contributed by atoms with Gasteiger partial charge in [0.1, 0.15) is 0 Å². The third-order valence-corrected chi connectivity index (χ3v) is 12.0. The predicted molar refractivity (Wildman–Crippen MR) is 192 cm³/mol. The van der Waals surface area contributed by atoms with E-state index >= 15 is 0 Å². The molecule has 7 aromatic carbocycles. The van der Waals surface area contributed by atoms with E-state index in [1.54, 1.807) is 0 Å². The summed E-state index contributed by atoms with van der Waals surface area (Å²) in [4.78, 5) is 12.0. The number of benzene rings is 7. The monoisotopic (exact) mass is 594 g/mol. The van der Waals surface area contributed by atoms with Crippen LogP contribution >= 0.6 is 10.0 Å². The van der Waals surface area contributed by atoms with E-state index < -0.39 is 10.0 Å². The number of nitrogens with zero attached hydrogens (tertiary/aromatic N) is 2. The first-order chi connectivity index (χ1) is 22.1. The van der Waals surface area contributed by atoms with Gasteiger partial charge in [0.05, 0.1) is 10.7 Å². The van der Waals surface area contributed by atoms with Crippen molar-refractivity contribution in [3.63, 3.8) is 0 Å². The molecular formula is C42H30N2S. The minimum Gasteiger partial charge on any atom is -0.227 e. The Hall–Kier alpha value is -5.25. The van der Waals surface area contributed by atoms with Crippen molar-refractivity contribution in [3.05, 3.63) is 146 Å². The molecule has 1 aromatic heterocycles. The minimum absolute atomic E-state index is 0.784. The second kappa shape index (κ2) is 9.88. The standard InChI is InChI=1S/C42H30N2S/c1-45(2)38-22-11-10-21-36(38)39-40(43-41(44-42(39)45)27-13-4-3-5-14-27)30-16-12-15-28(25-30)29-23-24-35-33-19-7-6-17-31(33)32-18-8-9-20-34(32)37(35)26-29/h3-26H,1-2H3. The predicted octanol–water partition coefficient (Wildman–Crippen LogP) is 11.4. The minimum atomic E-state index is -1.30. The van der Waals surface area contributed by atoms with E-state index in [9.17, 15) is 0 Å². The quantitative estimate of drug-likeness (QED) is 0.150. The smallest absolute Gasteiger partial charge is 0.161 e. The Labute approximate surface area is 264 Å². The second-order valence-corrected chi connectivity index (χ2v) is 15.7. The molecule has 0 amide bonds. The first-order valence-corrected chi connectivity index (χ1v) is 17.8. The highest BCUT2D eigenvalue weighted by Crippen LogP contribution is 2.67. The molecule has 3 heteroatoms. The average Bonchev–Trinajstić information content (AvgIpc) is 3.34. The normalized spacial score (nSPS) is 14.0. The van der Waals surface area contributed by atoms with Crippen molar-refractivity contribution in [2.75, 3.05) is 12.5 Å². The molecule has 0 bridgehead atoms. The van der Waals surface area contributed by atoms with Crippen LogP contribution in [0.1, 0.15) is 0 Å². The lowest BCUT2D eigenvalue weighted by molar-refractivity contribution is 1.07. The summed E-state index contributed by atoms with van der Waals surface area (Å²) in [5, 5.41) is 8.90. The van der Waals surface area contributed by atoms with Crippen molar-refractivity contribution in [1.29, 1.82) is 0 Å². The summed E-state index contributed by atoms with van der Waals surface area (Å²) < 4.78 is 0. The lowest BCUT2D eigenvalue weighted by Gasteiger charge is -2.27. The summed E-state index contributed by atoms with van der Waals surface area (Å²) in [7, 11) is -1.30. The summed E-state index contributed by atoms with van der Waals surface area (Å²) >= 11 is 0. The molecule has 0 fully saturated rings. The highest BCUT2D eigenvalue weighted by Gasteiger charge is 2.36. The van der Waals surface area contributed by atoms with Gasteiger partial charge in [-0.05, 0) is 79.7 Å². The molecule has 1 aliphatic rings. The van der Waals surface area contributed by atoms with Crippen LogP contribution in [-0.4, -0.2) is 22.5 Å². The first kappa shape index (κ1) is 26.2. The summed E-state index contributed by atoms with van der Waals surface area (Å²) in [5.74, 6) is 0.784. The van der Waals surface area contributed by atoms with Crippen molar-refractivity contribution in [2.45, 2.75) is 9.92 Å². The third kappa shape index (κ3) is 3.97. The topological polar surface area (TPSA) is 25.8 Å². The largest absolute Gasteiger partial charge is 0.227 e. The van der Waals surface area contributed by atoms with Crippen LogP contribution in [0.15, 0.2) is 156 Å². The molecule has 0 saturated carbocycles. The van der Waals surface area contributed by atoms with Crippen LogP contribution in [0.2, 0.25) is 0 Å². The van der Waals surface area contributed by atoms with Crippen molar-refractivity contribution in [1.82, 2.24) is 9.97 Å². The second-order valence-electron chi connectivity index (χ2n) is 12.2. The molecule has 214 valence electrons. The maximum absolute atomic E-state index is 5.31. The number of hydrogen-bond donors (Lipinski definition) is 0. The van der Waals surface area contributed by atoms with E-state index in [1.165, 1.54) is 64.5 Å². The highest BCUT2D eigenvalue weighted by molar-refractivity contribution is 8.33. The Morgan fingerprint density at radius 1 is 0.422 bits per heavy atom. The maximum Gasteiger partial charge on any atom is 0.161 e. The lowest BCUT2D eigenvalue weighted by atomic mass is 9.91. The number of rotatable bonds is 3. The van der Waals surface area contributed by atoms with E-state index in [1.807, 2.05) is 6.07 Å². The van der Waals surface area contributed by atoms with E-state index in [4.69, 9.17) is 9.97 Å². The molecule has 8 aromatic rings. The third-order valence-electron chi connectivity index (χ3n) is 9.31. The molecule has 0 radical (unpaired) electrons. The van der Waals surface area contributed by atoms with Crippen LogP contribution in [0.25, 0.3) is 77.2 Å².